The zero-order chi connectivity index (χ0) is 15.2. The summed E-state index contributed by atoms with van der Waals surface area (Å²) < 4.78 is 4.85. The number of ketones is 1. The minimum atomic E-state index is -0.754. The quantitative estimate of drug-likeness (QED) is 0.485. The van der Waals surface area contributed by atoms with Gasteiger partial charge in [0, 0.05) is 5.56 Å². The van der Waals surface area contributed by atoms with Crippen molar-refractivity contribution < 1.29 is 14.3 Å². The number of ether oxygens (including phenoxy) is 1. The van der Waals surface area contributed by atoms with Gasteiger partial charge in [0.25, 0.3) is 5.78 Å². The smallest absolute Gasteiger partial charge is 0.379 e. The molecule has 1 fully saturated rings. The van der Waals surface area contributed by atoms with Crippen LogP contribution >= 0.6 is 0 Å². The molecule has 1 atom stereocenters. The summed E-state index contributed by atoms with van der Waals surface area (Å²) in [6.45, 7) is 4.04. The highest BCUT2D eigenvalue weighted by molar-refractivity contribution is 6.41. The molecule has 0 aromatic heterocycles. The zero-order valence-electron chi connectivity index (χ0n) is 12.8. The van der Waals surface area contributed by atoms with Crippen molar-refractivity contribution >= 4 is 11.8 Å². The topological polar surface area (TPSA) is 46.6 Å². The molecule has 1 heterocycles. The van der Waals surface area contributed by atoms with Crippen LogP contribution in [0.2, 0.25) is 0 Å². The number of hydrogen-bond acceptors (Lipinski definition) is 4. The summed E-state index contributed by atoms with van der Waals surface area (Å²) in [5.74, 6) is -0.940. The first-order valence-corrected chi connectivity index (χ1v) is 7.62. The SMILES string of the molecule is CCOC(=O)C(=O)c1ccccc1C1CCCN(C)CC1. The fourth-order valence-electron chi connectivity index (χ4n) is 2.92. The number of carbonyl (C=O) groups excluding carboxylic acids is 2. The number of likely N-dealkylation sites (tertiary alicyclic amines) is 1. The van der Waals surface area contributed by atoms with E-state index in [1.165, 1.54) is 0 Å². The zero-order valence-corrected chi connectivity index (χ0v) is 12.8. The first kappa shape index (κ1) is 15.7. The van der Waals surface area contributed by atoms with E-state index in [1.54, 1.807) is 19.1 Å². The van der Waals surface area contributed by atoms with Crippen molar-refractivity contribution in [1.29, 1.82) is 0 Å². The van der Waals surface area contributed by atoms with Crippen LogP contribution in [0.15, 0.2) is 24.3 Å². The molecule has 21 heavy (non-hydrogen) atoms. The Bertz CT molecular complexity index is 513. The molecule has 0 spiro atoms. The number of hydrogen-bond donors (Lipinski definition) is 0. The second-order valence-corrected chi connectivity index (χ2v) is 5.57. The van der Waals surface area contributed by atoms with Crippen molar-refractivity contribution in [2.75, 3.05) is 26.7 Å². The first-order chi connectivity index (χ1) is 10.1. The van der Waals surface area contributed by atoms with Crippen molar-refractivity contribution in [3.8, 4) is 0 Å². The molecule has 4 heteroatoms. The average molecular weight is 289 g/mol. The molecule has 1 aromatic carbocycles. The van der Waals surface area contributed by atoms with E-state index in [2.05, 4.69) is 11.9 Å². The van der Waals surface area contributed by atoms with Crippen molar-refractivity contribution in [3.63, 3.8) is 0 Å². The number of benzene rings is 1. The lowest BCUT2D eigenvalue weighted by atomic mass is 9.87. The van der Waals surface area contributed by atoms with Crippen LogP contribution in [0.1, 0.15) is 48.0 Å². The number of Topliss-reactive ketones (excluding diaryl/α,β-unsaturated/α-hetero) is 1. The number of rotatable bonds is 4. The van der Waals surface area contributed by atoms with Gasteiger partial charge in [-0.15, -0.1) is 0 Å². The van der Waals surface area contributed by atoms with Gasteiger partial charge in [0.1, 0.15) is 0 Å². The highest BCUT2D eigenvalue weighted by atomic mass is 16.5. The van der Waals surface area contributed by atoms with Crippen LogP contribution in [-0.4, -0.2) is 43.4 Å². The average Bonchev–Trinajstić information content (AvgIpc) is 2.71. The Kier molecular flexibility index (Phi) is 5.51. The predicted molar refractivity (Wildman–Crippen MR) is 81.5 cm³/mol. The van der Waals surface area contributed by atoms with E-state index in [9.17, 15) is 9.59 Å². The first-order valence-electron chi connectivity index (χ1n) is 7.62. The third kappa shape index (κ3) is 3.91. The summed E-state index contributed by atoms with van der Waals surface area (Å²) in [7, 11) is 2.12. The molecule has 1 aromatic rings. The van der Waals surface area contributed by atoms with Gasteiger partial charge < -0.3 is 9.64 Å². The van der Waals surface area contributed by atoms with E-state index in [0.29, 0.717) is 11.5 Å². The molecule has 114 valence electrons. The van der Waals surface area contributed by atoms with Crippen molar-refractivity contribution in [3.05, 3.63) is 35.4 Å². The van der Waals surface area contributed by atoms with Gasteiger partial charge in [-0.05, 0) is 57.8 Å². The van der Waals surface area contributed by atoms with E-state index in [1.807, 2.05) is 12.1 Å². The Labute approximate surface area is 126 Å². The van der Waals surface area contributed by atoms with E-state index in [-0.39, 0.29) is 6.61 Å². The number of nitrogens with zero attached hydrogens (tertiary/aromatic N) is 1. The Morgan fingerprint density at radius 1 is 1.24 bits per heavy atom. The highest BCUT2D eigenvalue weighted by Crippen LogP contribution is 2.30. The summed E-state index contributed by atoms with van der Waals surface area (Å²) in [4.78, 5) is 26.3. The van der Waals surface area contributed by atoms with Gasteiger partial charge in [0.05, 0.1) is 6.61 Å². The van der Waals surface area contributed by atoms with Crippen LogP contribution in [0.3, 0.4) is 0 Å². The number of esters is 1. The van der Waals surface area contributed by atoms with E-state index in [4.69, 9.17) is 4.74 Å². The summed E-state index contributed by atoms with van der Waals surface area (Å²) in [5.41, 5.74) is 1.50. The van der Waals surface area contributed by atoms with Crippen LogP contribution in [0.25, 0.3) is 0 Å². The Morgan fingerprint density at radius 2 is 2.00 bits per heavy atom. The molecular formula is C17H23NO3. The molecule has 1 saturated heterocycles. The van der Waals surface area contributed by atoms with E-state index in [0.717, 1.165) is 37.9 Å². The lowest BCUT2D eigenvalue weighted by molar-refractivity contribution is -0.137. The van der Waals surface area contributed by atoms with Gasteiger partial charge in [-0.3, -0.25) is 4.79 Å². The molecule has 0 aliphatic carbocycles. The highest BCUT2D eigenvalue weighted by Gasteiger charge is 2.25. The van der Waals surface area contributed by atoms with Gasteiger partial charge >= 0.3 is 5.97 Å². The largest absolute Gasteiger partial charge is 0.460 e. The fourth-order valence-corrected chi connectivity index (χ4v) is 2.92. The molecule has 1 aliphatic rings. The van der Waals surface area contributed by atoms with Crippen molar-refractivity contribution in [2.45, 2.75) is 32.1 Å². The van der Waals surface area contributed by atoms with Gasteiger partial charge in [0.15, 0.2) is 0 Å². The normalized spacial score (nSPS) is 19.8. The Hall–Kier alpha value is -1.68. The molecule has 0 N–H and O–H groups in total. The van der Waals surface area contributed by atoms with Gasteiger partial charge in [-0.2, -0.15) is 0 Å². The monoisotopic (exact) mass is 289 g/mol. The molecule has 0 saturated carbocycles. The lowest BCUT2D eigenvalue weighted by Crippen LogP contribution is -2.21. The van der Waals surface area contributed by atoms with Gasteiger partial charge in [0.2, 0.25) is 0 Å². The standard InChI is InChI=1S/C17H23NO3/c1-3-21-17(20)16(19)15-9-5-4-8-14(15)13-7-6-11-18(2)12-10-13/h4-5,8-9,13H,3,6-7,10-12H2,1-2H3. The third-order valence-corrected chi connectivity index (χ3v) is 4.06. The molecule has 4 nitrogen and oxygen atoms in total. The summed E-state index contributed by atoms with van der Waals surface area (Å²) in [6, 6.07) is 7.45. The van der Waals surface area contributed by atoms with Gasteiger partial charge in [-0.25, -0.2) is 4.79 Å². The molecule has 1 aliphatic heterocycles. The number of carbonyl (C=O) groups is 2. The van der Waals surface area contributed by atoms with Crippen LogP contribution in [0.5, 0.6) is 0 Å². The lowest BCUT2D eigenvalue weighted by Gasteiger charge is -2.18. The van der Waals surface area contributed by atoms with Crippen LogP contribution < -0.4 is 0 Å². The van der Waals surface area contributed by atoms with Crippen LogP contribution in [0, 0.1) is 0 Å². The fraction of sp³-hybridized carbons (Fsp3) is 0.529. The maximum atomic E-state index is 12.3. The van der Waals surface area contributed by atoms with Gasteiger partial charge in [-0.1, -0.05) is 24.3 Å². The molecule has 2 rings (SSSR count). The summed E-state index contributed by atoms with van der Waals surface area (Å²) in [6.07, 6.45) is 3.18. The summed E-state index contributed by atoms with van der Waals surface area (Å²) in [5, 5.41) is 0. The van der Waals surface area contributed by atoms with Crippen LogP contribution in [-0.2, 0) is 9.53 Å². The minimum Gasteiger partial charge on any atom is -0.460 e. The van der Waals surface area contributed by atoms with Crippen molar-refractivity contribution in [1.82, 2.24) is 4.90 Å². The second-order valence-electron chi connectivity index (χ2n) is 5.57. The molecular weight excluding hydrogens is 266 g/mol. The molecule has 0 radical (unpaired) electrons. The van der Waals surface area contributed by atoms with Crippen molar-refractivity contribution in [2.24, 2.45) is 0 Å². The second kappa shape index (κ2) is 7.36. The minimum absolute atomic E-state index is 0.223. The van der Waals surface area contributed by atoms with Crippen LogP contribution in [0.4, 0.5) is 0 Å². The van der Waals surface area contributed by atoms with E-state index >= 15 is 0 Å². The molecule has 1 unspecified atom stereocenters. The summed E-state index contributed by atoms with van der Waals surface area (Å²) >= 11 is 0. The predicted octanol–water partition coefficient (Wildman–Crippen LogP) is 2.63. The maximum absolute atomic E-state index is 12.3. The Morgan fingerprint density at radius 3 is 2.76 bits per heavy atom. The Balaban J connectivity index is 2.24. The maximum Gasteiger partial charge on any atom is 0.379 e. The molecule has 0 bridgehead atoms. The molecule has 0 amide bonds. The van der Waals surface area contributed by atoms with E-state index < -0.39 is 11.8 Å². The third-order valence-electron chi connectivity index (χ3n) is 4.06.